The summed E-state index contributed by atoms with van der Waals surface area (Å²) in [5, 5.41) is 13.0. The molecule has 4 aromatic rings. The van der Waals surface area contributed by atoms with Crippen LogP contribution in [0.15, 0.2) is 67.1 Å². The molecule has 1 saturated carbocycles. The standard InChI is InChI=1S/C36H48N8O4/c1-35(2,3)47-33(45)38-20-19-27(24-11-8-7-9-12-24)42-30-14-10-13-28(43-30)29-23-39-32-31(37-21-22-44(29)32)40-25-15-17-26(18-16-25)41-34(46)48-36(4,5)6/h7-14,21-23,25-27H,15-20H2,1-6H3,(H,37,40)(H,38,45)(H,41,46)(H,42,43). The van der Waals surface area contributed by atoms with Crippen LogP contribution in [-0.2, 0) is 9.47 Å². The lowest BCUT2D eigenvalue weighted by molar-refractivity contribution is 0.0488. The molecule has 3 aromatic heterocycles. The summed E-state index contributed by atoms with van der Waals surface area (Å²) in [6.07, 6.45) is 8.78. The normalized spacial score (nSPS) is 17.3. The van der Waals surface area contributed by atoms with E-state index in [-0.39, 0.29) is 24.2 Å². The van der Waals surface area contributed by atoms with E-state index in [0.717, 1.165) is 48.3 Å². The van der Waals surface area contributed by atoms with Gasteiger partial charge in [-0.15, -0.1) is 0 Å². The number of ether oxygens (including phenoxy) is 2. The van der Waals surface area contributed by atoms with Gasteiger partial charge in [-0.2, -0.15) is 0 Å². The molecule has 256 valence electrons. The summed E-state index contributed by atoms with van der Waals surface area (Å²) < 4.78 is 12.8. The highest BCUT2D eigenvalue weighted by molar-refractivity contribution is 5.70. The molecule has 0 spiro atoms. The van der Waals surface area contributed by atoms with Crippen molar-refractivity contribution < 1.29 is 19.1 Å². The van der Waals surface area contributed by atoms with Crippen molar-refractivity contribution in [3.63, 3.8) is 0 Å². The summed E-state index contributed by atoms with van der Waals surface area (Å²) in [6.45, 7) is 11.6. The van der Waals surface area contributed by atoms with Gasteiger partial charge in [0, 0.05) is 31.0 Å². The molecule has 0 aliphatic heterocycles. The van der Waals surface area contributed by atoms with Gasteiger partial charge in [0.05, 0.1) is 23.6 Å². The average molecular weight is 657 g/mol. The van der Waals surface area contributed by atoms with Gasteiger partial charge in [0.1, 0.15) is 17.0 Å². The van der Waals surface area contributed by atoms with Crippen molar-refractivity contribution in [3.8, 4) is 11.4 Å². The van der Waals surface area contributed by atoms with E-state index in [2.05, 4.69) is 38.4 Å². The van der Waals surface area contributed by atoms with Gasteiger partial charge in [-0.25, -0.2) is 24.5 Å². The van der Waals surface area contributed by atoms with Gasteiger partial charge >= 0.3 is 12.2 Å². The van der Waals surface area contributed by atoms with Crippen LogP contribution in [0.2, 0.25) is 0 Å². The quantitative estimate of drug-likeness (QED) is 0.140. The van der Waals surface area contributed by atoms with Crippen molar-refractivity contribution in [3.05, 3.63) is 72.7 Å². The van der Waals surface area contributed by atoms with Crippen LogP contribution in [0.4, 0.5) is 21.2 Å². The maximum absolute atomic E-state index is 12.2. The lowest BCUT2D eigenvalue weighted by Gasteiger charge is -2.30. The molecule has 1 unspecified atom stereocenters. The number of rotatable bonds is 10. The number of nitrogens with zero attached hydrogens (tertiary/aromatic N) is 4. The Labute approximate surface area is 282 Å². The summed E-state index contributed by atoms with van der Waals surface area (Å²) >= 11 is 0. The molecule has 12 heteroatoms. The highest BCUT2D eigenvalue weighted by Crippen LogP contribution is 2.28. The molecule has 0 radical (unpaired) electrons. The Kier molecular flexibility index (Phi) is 10.7. The van der Waals surface area contributed by atoms with Crippen molar-refractivity contribution in [2.75, 3.05) is 17.2 Å². The molecule has 1 aliphatic rings. The Bertz CT molecular complexity index is 1670. The number of amides is 2. The number of carbonyl (C=O) groups excluding carboxylic acids is 2. The maximum atomic E-state index is 12.2. The molecule has 1 fully saturated rings. The minimum atomic E-state index is -0.558. The van der Waals surface area contributed by atoms with E-state index in [4.69, 9.17) is 19.4 Å². The highest BCUT2D eigenvalue weighted by Gasteiger charge is 2.26. The molecule has 5 rings (SSSR count). The molecule has 2 amide bonds. The van der Waals surface area contributed by atoms with Crippen molar-refractivity contribution in [1.29, 1.82) is 0 Å². The minimum absolute atomic E-state index is 0.0920. The highest BCUT2D eigenvalue weighted by atomic mass is 16.6. The number of hydrogen-bond donors (Lipinski definition) is 4. The molecule has 1 aromatic carbocycles. The van der Waals surface area contributed by atoms with Crippen LogP contribution >= 0.6 is 0 Å². The summed E-state index contributed by atoms with van der Waals surface area (Å²) in [5.41, 5.74) is 2.33. The molecule has 1 aliphatic carbocycles. The van der Waals surface area contributed by atoms with Crippen molar-refractivity contribution in [1.82, 2.24) is 30.0 Å². The Hall–Kier alpha value is -4.87. The van der Waals surface area contributed by atoms with Crippen molar-refractivity contribution in [2.45, 2.75) is 103 Å². The van der Waals surface area contributed by atoms with E-state index in [0.29, 0.717) is 24.6 Å². The first-order valence-corrected chi connectivity index (χ1v) is 16.7. The summed E-state index contributed by atoms with van der Waals surface area (Å²) in [5.74, 6) is 1.42. The SMILES string of the molecule is CC(C)(C)OC(=O)NCCC(Nc1cccc(-c2cnc3c(NC4CCC(NC(=O)OC(C)(C)C)CC4)nccn23)n1)c1ccccc1. The Morgan fingerprint density at radius 3 is 2.27 bits per heavy atom. The van der Waals surface area contributed by atoms with Crippen LogP contribution in [0.5, 0.6) is 0 Å². The van der Waals surface area contributed by atoms with Crippen LogP contribution in [-0.4, -0.2) is 61.4 Å². The van der Waals surface area contributed by atoms with Gasteiger partial charge in [0.2, 0.25) is 0 Å². The number of carbonyl (C=O) groups is 2. The van der Waals surface area contributed by atoms with Gasteiger partial charge in [-0.3, -0.25) is 4.40 Å². The number of imidazole rings is 1. The predicted octanol–water partition coefficient (Wildman–Crippen LogP) is 7.11. The van der Waals surface area contributed by atoms with Gasteiger partial charge in [0.25, 0.3) is 0 Å². The molecule has 4 N–H and O–H groups in total. The van der Waals surface area contributed by atoms with Crippen molar-refractivity contribution in [2.24, 2.45) is 0 Å². The van der Waals surface area contributed by atoms with Gasteiger partial charge in [0.15, 0.2) is 11.5 Å². The fourth-order valence-corrected chi connectivity index (χ4v) is 5.74. The molecular formula is C36H48N8O4. The third kappa shape index (κ3) is 9.82. The second-order valence-electron chi connectivity index (χ2n) is 14.2. The van der Waals surface area contributed by atoms with Gasteiger partial charge < -0.3 is 30.7 Å². The second kappa shape index (κ2) is 14.9. The lowest BCUT2D eigenvalue weighted by atomic mass is 9.91. The van der Waals surface area contributed by atoms with E-state index in [1.807, 2.05) is 94.7 Å². The summed E-state index contributed by atoms with van der Waals surface area (Å²) in [6, 6.07) is 16.2. The van der Waals surface area contributed by atoms with Crippen LogP contribution in [0.1, 0.15) is 85.3 Å². The van der Waals surface area contributed by atoms with E-state index in [1.54, 1.807) is 6.20 Å². The average Bonchev–Trinajstić information content (AvgIpc) is 3.46. The number of fused-ring (bicyclic) bond motifs is 1. The fourth-order valence-electron chi connectivity index (χ4n) is 5.74. The zero-order chi connectivity index (χ0) is 34.3. The molecule has 3 heterocycles. The largest absolute Gasteiger partial charge is 0.444 e. The number of pyridine rings is 1. The third-order valence-electron chi connectivity index (χ3n) is 7.85. The molecule has 48 heavy (non-hydrogen) atoms. The summed E-state index contributed by atoms with van der Waals surface area (Å²) in [7, 11) is 0. The smallest absolute Gasteiger partial charge is 0.407 e. The number of anilines is 2. The Balaban J connectivity index is 1.24. The fraction of sp³-hybridized carbons (Fsp3) is 0.472. The minimum Gasteiger partial charge on any atom is -0.444 e. The first-order chi connectivity index (χ1) is 22.8. The van der Waals surface area contributed by atoms with E-state index in [9.17, 15) is 9.59 Å². The lowest BCUT2D eigenvalue weighted by Crippen LogP contribution is -2.42. The van der Waals surface area contributed by atoms with Crippen LogP contribution in [0.25, 0.3) is 17.0 Å². The van der Waals surface area contributed by atoms with E-state index in [1.165, 1.54) is 0 Å². The molecular weight excluding hydrogens is 608 g/mol. The van der Waals surface area contributed by atoms with Gasteiger partial charge in [-0.1, -0.05) is 36.4 Å². The third-order valence-corrected chi connectivity index (χ3v) is 7.85. The van der Waals surface area contributed by atoms with Crippen LogP contribution in [0, 0.1) is 0 Å². The molecule has 0 saturated heterocycles. The number of nitrogens with one attached hydrogen (secondary N) is 4. The van der Waals surface area contributed by atoms with Crippen LogP contribution in [0.3, 0.4) is 0 Å². The van der Waals surface area contributed by atoms with E-state index >= 15 is 0 Å². The van der Waals surface area contributed by atoms with E-state index < -0.39 is 17.3 Å². The topological polar surface area (TPSA) is 144 Å². The monoisotopic (exact) mass is 656 g/mol. The molecule has 0 bridgehead atoms. The second-order valence-corrected chi connectivity index (χ2v) is 14.2. The van der Waals surface area contributed by atoms with Crippen molar-refractivity contribution >= 4 is 29.5 Å². The number of benzene rings is 1. The first-order valence-electron chi connectivity index (χ1n) is 16.7. The summed E-state index contributed by atoms with van der Waals surface area (Å²) in [4.78, 5) is 38.7. The number of hydrogen-bond acceptors (Lipinski definition) is 9. The molecule has 12 nitrogen and oxygen atoms in total. The number of aromatic nitrogens is 4. The van der Waals surface area contributed by atoms with Gasteiger partial charge in [-0.05, 0) is 91.3 Å². The molecule has 1 atom stereocenters. The maximum Gasteiger partial charge on any atom is 0.407 e. The van der Waals surface area contributed by atoms with Crippen LogP contribution < -0.4 is 21.3 Å². The zero-order valence-corrected chi connectivity index (χ0v) is 28.7. The zero-order valence-electron chi connectivity index (χ0n) is 28.7. The first kappa shape index (κ1) is 34.5. The Morgan fingerprint density at radius 2 is 1.56 bits per heavy atom. The number of alkyl carbamates (subject to hydrolysis) is 2. The Morgan fingerprint density at radius 1 is 0.875 bits per heavy atom. The predicted molar refractivity (Wildman–Crippen MR) is 187 cm³/mol.